The first-order valence-corrected chi connectivity index (χ1v) is 11.2. The normalized spacial score (nSPS) is 28.5. The van der Waals surface area contributed by atoms with Gasteiger partial charge in [-0.15, -0.1) is 11.8 Å². The molecule has 2 aliphatic carbocycles. The van der Waals surface area contributed by atoms with E-state index >= 15 is 0 Å². The summed E-state index contributed by atoms with van der Waals surface area (Å²) < 4.78 is 0. The summed E-state index contributed by atoms with van der Waals surface area (Å²) in [6.45, 7) is 0. The molecule has 3 nitrogen and oxygen atoms in total. The number of hydrogen-bond acceptors (Lipinski definition) is 3. The van der Waals surface area contributed by atoms with Gasteiger partial charge in [0, 0.05) is 11.7 Å². The van der Waals surface area contributed by atoms with Crippen molar-refractivity contribution in [2.75, 3.05) is 0 Å². The van der Waals surface area contributed by atoms with E-state index in [2.05, 4.69) is 0 Å². The van der Waals surface area contributed by atoms with Gasteiger partial charge in [0.2, 0.25) is 11.8 Å². The maximum absolute atomic E-state index is 12.8. The number of carbonyl (C=O) groups excluding carboxylic acids is 2. The summed E-state index contributed by atoms with van der Waals surface area (Å²) in [7, 11) is 0.694. The minimum Gasteiger partial charge on any atom is -0.332 e. The third-order valence-corrected chi connectivity index (χ3v) is 7.58. The lowest BCUT2D eigenvalue weighted by molar-refractivity contribution is -0.132. The summed E-state index contributed by atoms with van der Waals surface area (Å²) >= 11 is 1.81. The van der Waals surface area contributed by atoms with Crippen LogP contribution < -0.4 is 0 Å². The van der Waals surface area contributed by atoms with Gasteiger partial charge in [-0.2, -0.15) is 0 Å². The van der Waals surface area contributed by atoms with E-state index in [1.807, 2.05) is 11.8 Å². The van der Waals surface area contributed by atoms with Gasteiger partial charge in [-0.25, -0.2) is 0 Å². The Kier molecular flexibility index (Phi) is 7.12. The van der Waals surface area contributed by atoms with Crippen LogP contribution in [0.25, 0.3) is 0 Å². The molecular weight excluding hydrogens is 317 g/mol. The lowest BCUT2D eigenvalue weighted by atomic mass is 9.67. The topological polar surface area (TPSA) is 37.4 Å². The zero-order valence-electron chi connectivity index (χ0n) is 15.0. The second-order valence-electron chi connectivity index (χ2n) is 8.00. The van der Waals surface area contributed by atoms with Crippen molar-refractivity contribution in [2.45, 2.75) is 106 Å². The van der Waals surface area contributed by atoms with E-state index in [9.17, 15) is 9.59 Å². The summed E-state index contributed by atoms with van der Waals surface area (Å²) in [6.07, 6.45) is 17.1. The third-order valence-electron chi connectivity index (χ3n) is 6.03. The Morgan fingerprint density at radius 2 is 1.33 bits per heavy atom. The Balaban J connectivity index is 1.52. The first kappa shape index (κ1) is 18.3. The van der Waals surface area contributed by atoms with Crippen molar-refractivity contribution in [3.05, 3.63) is 0 Å². The maximum Gasteiger partial charge on any atom is 0.252 e. The fourth-order valence-electron chi connectivity index (χ4n) is 4.54. The van der Waals surface area contributed by atoms with Crippen molar-refractivity contribution in [1.82, 2.24) is 4.81 Å². The molecule has 0 bridgehead atoms. The van der Waals surface area contributed by atoms with E-state index < -0.39 is 0 Å². The van der Waals surface area contributed by atoms with E-state index in [1.54, 1.807) is 4.81 Å². The molecule has 1 heterocycles. The molecule has 134 valence electrons. The maximum atomic E-state index is 12.8. The van der Waals surface area contributed by atoms with Crippen LogP contribution in [0.5, 0.6) is 0 Å². The monoisotopic (exact) mass is 349 g/mol. The van der Waals surface area contributed by atoms with Crippen LogP contribution in [0, 0.1) is 0 Å². The number of thioether (sulfide) groups is 1. The predicted molar refractivity (Wildman–Crippen MR) is 103 cm³/mol. The van der Waals surface area contributed by atoms with Crippen LogP contribution in [-0.2, 0) is 9.59 Å². The van der Waals surface area contributed by atoms with Crippen LogP contribution in [0.15, 0.2) is 0 Å². The Bertz CT molecular complexity index is 429. The van der Waals surface area contributed by atoms with E-state index in [0.717, 1.165) is 0 Å². The molecule has 24 heavy (non-hydrogen) atoms. The molecule has 0 N–H and O–H groups in total. The molecule has 3 rings (SSSR count). The van der Waals surface area contributed by atoms with Gasteiger partial charge in [-0.3, -0.25) is 9.59 Å². The molecule has 0 aromatic rings. The van der Waals surface area contributed by atoms with Crippen LogP contribution in [0.1, 0.15) is 89.9 Å². The molecule has 1 unspecified atom stereocenters. The quantitative estimate of drug-likeness (QED) is 0.427. The molecule has 2 amide bonds. The first-order valence-electron chi connectivity index (χ1n) is 10.2. The molecular formula is C19H32BNO2S. The Hall–Kier alpha value is -0.445. The summed E-state index contributed by atoms with van der Waals surface area (Å²) in [4.78, 5) is 26.8. The van der Waals surface area contributed by atoms with Gasteiger partial charge in [0.05, 0.1) is 5.25 Å². The summed E-state index contributed by atoms with van der Waals surface area (Å²) in [5, 5.41) is 0.504. The zero-order valence-corrected chi connectivity index (χ0v) is 15.8. The Morgan fingerprint density at radius 1 is 0.792 bits per heavy atom. The fraction of sp³-hybridized carbons (Fsp3) is 0.895. The lowest BCUT2D eigenvalue weighted by Gasteiger charge is -2.23. The Labute approximate surface area is 152 Å². The van der Waals surface area contributed by atoms with Gasteiger partial charge in [0.25, 0.3) is 7.41 Å². The third kappa shape index (κ3) is 5.03. The highest BCUT2D eigenvalue weighted by molar-refractivity contribution is 8.01. The SMILES string of the molecule is O=C1CC(SC2CCCCCC2)C(=O)N1BC1CCCCCCC1. The molecule has 3 fully saturated rings. The van der Waals surface area contributed by atoms with Crippen LogP contribution in [0.3, 0.4) is 0 Å². The molecule has 1 aliphatic heterocycles. The summed E-state index contributed by atoms with van der Waals surface area (Å²) in [5.41, 5.74) is 0. The molecule has 5 heteroatoms. The average Bonchev–Trinajstić information content (AvgIpc) is 2.73. The van der Waals surface area contributed by atoms with Gasteiger partial charge < -0.3 is 4.81 Å². The molecule has 0 aromatic carbocycles. The Morgan fingerprint density at radius 3 is 1.96 bits per heavy atom. The van der Waals surface area contributed by atoms with Crippen LogP contribution in [-0.4, -0.2) is 34.5 Å². The molecule has 1 saturated heterocycles. The highest BCUT2D eigenvalue weighted by Crippen LogP contribution is 2.36. The predicted octanol–water partition coefficient (Wildman–Crippen LogP) is 4.45. The number of imide groups is 1. The van der Waals surface area contributed by atoms with Gasteiger partial charge >= 0.3 is 0 Å². The van der Waals surface area contributed by atoms with Crippen molar-refractivity contribution < 1.29 is 9.59 Å². The van der Waals surface area contributed by atoms with Crippen LogP contribution >= 0.6 is 11.8 Å². The summed E-state index contributed by atoms with van der Waals surface area (Å²) in [6, 6.07) is 0. The zero-order chi connectivity index (χ0) is 16.8. The number of nitrogens with zero attached hydrogens (tertiary/aromatic N) is 1. The smallest absolute Gasteiger partial charge is 0.252 e. The minimum atomic E-state index is -0.0887. The van der Waals surface area contributed by atoms with Crippen molar-refractivity contribution in [3.63, 3.8) is 0 Å². The highest BCUT2D eigenvalue weighted by atomic mass is 32.2. The van der Waals surface area contributed by atoms with Gasteiger partial charge in [-0.1, -0.05) is 70.6 Å². The summed E-state index contributed by atoms with van der Waals surface area (Å²) in [5.74, 6) is 0.754. The average molecular weight is 349 g/mol. The first-order chi connectivity index (χ1) is 11.7. The molecule has 0 spiro atoms. The number of hydrogen-bond donors (Lipinski definition) is 0. The van der Waals surface area contributed by atoms with Crippen molar-refractivity contribution in [3.8, 4) is 0 Å². The number of rotatable bonds is 4. The van der Waals surface area contributed by atoms with Crippen molar-refractivity contribution in [1.29, 1.82) is 0 Å². The van der Waals surface area contributed by atoms with E-state index in [4.69, 9.17) is 0 Å². The highest BCUT2D eigenvalue weighted by Gasteiger charge is 2.41. The number of carbonyl (C=O) groups is 2. The van der Waals surface area contributed by atoms with E-state index in [0.29, 0.717) is 24.9 Å². The van der Waals surface area contributed by atoms with Crippen molar-refractivity contribution in [2.24, 2.45) is 0 Å². The molecule has 1 atom stereocenters. The van der Waals surface area contributed by atoms with Gasteiger partial charge in [0.15, 0.2) is 0 Å². The minimum absolute atomic E-state index is 0.0887. The van der Waals surface area contributed by atoms with E-state index in [-0.39, 0.29) is 17.1 Å². The van der Waals surface area contributed by atoms with Crippen LogP contribution in [0.4, 0.5) is 0 Å². The lowest BCUT2D eigenvalue weighted by Crippen LogP contribution is -2.37. The second-order valence-corrected chi connectivity index (χ2v) is 9.50. The molecule has 0 aromatic heterocycles. The van der Waals surface area contributed by atoms with Gasteiger partial charge in [0.1, 0.15) is 0 Å². The standard InChI is InChI=1S/C19H32BNO2S/c22-18-14-17(24-16-12-8-4-5-9-13-16)19(23)21(18)20-15-10-6-2-1-3-7-11-15/h15-17,20H,1-14H2. The molecule has 3 aliphatic rings. The fourth-order valence-corrected chi connectivity index (χ4v) is 6.10. The van der Waals surface area contributed by atoms with Gasteiger partial charge in [-0.05, 0) is 18.7 Å². The van der Waals surface area contributed by atoms with Crippen LogP contribution in [0.2, 0.25) is 5.82 Å². The largest absolute Gasteiger partial charge is 0.332 e. The molecule has 0 radical (unpaired) electrons. The van der Waals surface area contributed by atoms with E-state index in [1.165, 1.54) is 83.5 Å². The van der Waals surface area contributed by atoms with Crippen molar-refractivity contribution >= 4 is 31.0 Å². The second kappa shape index (κ2) is 9.31. The molecule has 2 saturated carbocycles. The number of amides is 2.